The fourth-order valence-corrected chi connectivity index (χ4v) is 2.95. The second-order valence-electron chi connectivity index (χ2n) is 4.25. The van der Waals surface area contributed by atoms with E-state index in [9.17, 15) is 5.11 Å². The molecule has 16 heavy (non-hydrogen) atoms. The van der Waals surface area contributed by atoms with Crippen molar-refractivity contribution in [2.45, 2.75) is 24.2 Å². The van der Waals surface area contributed by atoms with Crippen molar-refractivity contribution in [3.05, 3.63) is 24.3 Å². The van der Waals surface area contributed by atoms with E-state index < -0.39 is 0 Å². The van der Waals surface area contributed by atoms with Crippen LogP contribution in [0, 0.1) is 0 Å². The SMILES string of the molecule is Oc1cccc(SCCCN2CCCC2)c1. The summed E-state index contributed by atoms with van der Waals surface area (Å²) in [5.41, 5.74) is 0. The predicted octanol–water partition coefficient (Wildman–Crippen LogP) is 2.97. The summed E-state index contributed by atoms with van der Waals surface area (Å²) < 4.78 is 0. The van der Waals surface area contributed by atoms with Crippen LogP contribution in [0.4, 0.5) is 0 Å². The molecular formula is C13H19NOS. The highest BCUT2D eigenvalue weighted by Gasteiger charge is 2.10. The van der Waals surface area contributed by atoms with Crippen LogP contribution in [-0.4, -0.2) is 35.4 Å². The number of phenols is 1. The number of benzene rings is 1. The van der Waals surface area contributed by atoms with Crippen molar-refractivity contribution in [2.75, 3.05) is 25.4 Å². The van der Waals surface area contributed by atoms with E-state index in [1.807, 2.05) is 23.9 Å². The number of rotatable bonds is 5. The van der Waals surface area contributed by atoms with Crippen LogP contribution in [0.2, 0.25) is 0 Å². The Morgan fingerprint density at radius 2 is 2.06 bits per heavy atom. The van der Waals surface area contributed by atoms with Crippen molar-refractivity contribution in [3.8, 4) is 5.75 Å². The van der Waals surface area contributed by atoms with Crippen LogP contribution >= 0.6 is 11.8 Å². The fraction of sp³-hybridized carbons (Fsp3) is 0.538. The minimum absolute atomic E-state index is 0.365. The first-order valence-electron chi connectivity index (χ1n) is 5.99. The zero-order chi connectivity index (χ0) is 11.2. The third kappa shape index (κ3) is 3.72. The molecule has 0 unspecified atom stereocenters. The number of likely N-dealkylation sites (tertiary alicyclic amines) is 1. The number of nitrogens with zero attached hydrogens (tertiary/aromatic N) is 1. The molecule has 0 aliphatic carbocycles. The fourth-order valence-electron chi connectivity index (χ4n) is 2.06. The Labute approximate surface area is 102 Å². The summed E-state index contributed by atoms with van der Waals surface area (Å²) in [6.45, 7) is 3.80. The molecule has 0 bridgehead atoms. The molecule has 2 rings (SSSR count). The van der Waals surface area contributed by atoms with E-state index in [2.05, 4.69) is 11.0 Å². The van der Waals surface area contributed by atoms with Gasteiger partial charge >= 0.3 is 0 Å². The standard InChI is InChI=1S/C13H19NOS/c15-12-5-3-6-13(11-12)16-10-4-9-14-7-1-2-8-14/h3,5-6,11,15H,1-2,4,7-10H2. The molecule has 1 heterocycles. The molecule has 1 aliphatic rings. The van der Waals surface area contributed by atoms with Gasteiger partial charge in [0.2, 0.25) is 0 Å². The highest BCUT2D eigenvalue weighted by Crippen LogP contribution is 2.22. The molecule has 0 amide bonds. The van der Waals surface area contributed by atoms with Crippen LogP contribution in [0.25, 0.3) is 0 Å². The van der Waals surface area contributed by atoms with E-state index in [1.54, 1.807) is 6.07 Å². The van der Waals surface area contributed by atoms with Gasteiger partial charge in [0, 0.05) is 4.90 Å². The van der Waals surface area contributed by atoms with Crippen molar-refractivity contribution >= 4 is 11.8 Å². The van der Waals surface area contributed by atoms with Gasteiger partial charge in [-0.2, -0.15) is 0 Å². The normalized spacial score (nSPS) is 16.8. The summed E-state index contributed by atoms with van der Waals surface area (Å²) >= 11 is 1.83. The van der Waals surface area contributed by atoms with Crippen LogP contribution in [-0.2, 0) is 0 Å². The molecule has 0 saturated carbocycles. The lowest BCUT2D eigenvalue weighted by Gasteiger charge is -2.13. The average molecular weight is 237 g/mol. The third-order valence-corrected chi connectivity index (χ3v) is 3.98. The predicted molar refractivity (Wildman–Crippen MR) is 69.1 cm³/mol. The summed E-state index contributed by atoms with van der Waals surface area (Å²) in [5, 5.41) is 9.32. The summed E-state index contributed by atoms with van der Waals surface area (Å²) in [6.07, 6.45) is 3.99. The van der Waals surface area contributed by atoms with Crippen molar-refractivity contribution in [2.24, 2.45) is 0 Å². The minimum atomic E-state index is 0.365. The Bertz CT molecular complexity index is 323. The summed E-state index contributed by atoms with van der Waals surface area (Å²) in [6, 6.07) is 7.51. The second kappa shape index (κ2) is 6.16. The Morgan fingerprint density at radius 1 is 1.25 bits per heavy atom. The molecule has 1 aliphatic heterocycles. The van der Waals surface area contributed by atoms with Gasteiger partial charge in [0.1, 0.15) is 5.75 Å². The van der Waals surface area contributed by atoms with Crippen molar-refractivity contribution in [1.29, 1.82) is 0 Å². The number of phenolic OH excluding ortho intramolecular Hbond substituents is 1. The first-order chi connectivity index (χ1) is 7.84. The molecule has 1 aromatic rings. The number of hydrogen-bond acceptors (Lipinski definition) is 3. The van der Waals surface area contributed by atoms with Gasteiger partial charge in [-0.25, -0.2) is 0 Å². The molecule has 0 atom stereocenters. The average Bonchev–Trinajstić information content (AvgIpc) is 2.77. The lowest BCUT2D eigenvalue weighted by Crippen LogP contribution is -2.20. The molecule has 1 aromatic carbocycles. The maximum atomic E-state index is 9.32. The third-order valence-electron chi connectivity index (χ3n) is 2.90. The topological polar surface area (TPSA) is 23.5 Å². The Morgan fingerprint density at radius 3 is 2.81 bits per heavy atom. The van der Waals surface area contributed by atoms with Crippen LogP contribution in [0.3, 0.4) is 0 Å². The maximum Gasteiger partial charge on any atom is 0.116 e. The van der Waals surface area contributed by atoms with Crippen LogP contribution < -0.4 is 0 Å². The van der Waals surface area contributed by atoms with Gasteiger partial charge in [0.25, 0.3) is 0 Å². The van der Waals surface area contributed by atoms with Crippen LogP contribution in [0.1, 0.15) is 19.3 Å². The van der Waals surface area contributed by atoms with E-state index in [1.165, 1.54) is 43.8 Å². The minimum Gasteiger partial charge on any atom is -0.508 e. The van der Waals surface area contributed by atoms with Gasteiger partial charge in [0.15, 0.2) is 0 Å². The number of aromatic hydroxyl groups is 1. The van der Waals surface area contributed by atoms with Gasteiger partial charge in [-0.3, -0.25) is 0 Å². The van der Waals surface area contributed by atoms with Gasteiger partial charge in [-0.05, 0) is 62.8 Å². The molecule has 3 heteroatoms. The van der Waals surface area contributed by atoms with Crippen molar-refractivity contribution in [3.63, 3.8) is 0 Å². The molecule has 1 saturated heterocycles. The lowest BCUT2D eigenvalue weighted by molar-refractivity contribution is 0.341. The number of hydrogen-bond donors (Lipinski definition) is 1. The largest absolute Gasteiger partial charge is 0.508 e. The molecule has 88 valence electrons. The monoisotopic (exact) mass is 237 g/mol. The maximum absolute atomic E-state index is 9.32. The van der Waals surface area contributed by atoms with E-state index >= 15 is 0 Å². The van der Waals surface area contributed by atoms with Crippen molar-refractivity contribution in [1.82, 2.24) is 4.90 Å². The first-order valence-corrected chi connectivity index (χ1v) is 6.97. The van der Waals surface area contributed by atoms with Crippen molar-refractivity contribution < 1.29 is 5.11 Å². The highest BCUT2D eigenvalue weighted by molar-refractivity contribution is 7.99. The van der Waals surface area contributed by atoms with E-state index in [0.717, 1.165) is 5.75 Å². The quantitative estimate of drug-likeness (QED) is 0.629. The smallest absolute Gasteiger partial charge is 0.116 e. The summed E-state index contributed by atoms with van der Waals surface area (Å²) in [7, 11) is 0. The highest BCUT2D eigenvalue weighted by atomic mass is 32.2. The molecule has 2 nitrogen and oxygen atoms in total. The van der Waals surface area contributed by atoms with E-state index in [-0.39, 0.29) is 0 Å². The number of thioether (sulfide) groups is 1. The zero-order valence-corrected chi connectivity index (χ0v) is 10.4. The van der Waals surface area contributed by atoms with E-state index in [0.29, 0.717) is 5.75 Å². The Hall–Kier alpha value is -0.670. The molecule has 0 radical (unpaired) electrons. The Kier molecular flexibility index (Phi) is 4.55. The van der Waals surface area contributed by atoms with Gasteiger partial charge in [0.05, 0.1) is 0 Å². The molecule has 1 N–H and O–H groups in total. The molecule has 1 fully saturated rings. The molecule has 0 spiro atoms. The van der Waals surface area contributed by atoms with E-state index in [4.69, 9.17) is 0 Å². The van der Waals surface area contributed by atoms with Gasteiger partial charge in [-0.15, -0.1) is 11.8 Å². The zero-order valence-electron chi connectivity index (χ0n) is 9.56. The van der Waals surface area contributed by atoms with Gasteiger partial charge < -0.3 is 10.0 Å². The van der Waals surface area contributed by atoms with Gasteiger partial charge in [-0.1, -0.05) is 6.07 Å². The lowest BCUT2D eigenvalue weighted by atomic mass is 10.3. The first kappa shape index (κ1) is 11.8. The molecular weight excluding hydrogens is 218 g/mol. The van der Waals surface area contributed by atoms with Crippen LogP contribution in [0.15, 0.2) is 29.2 Å². The summed E-state index contributed by atoms with van der Waals surface area (Å²) in [4.78, 5) is 3.71. The second-order valence-corrected chi connectivity index (χ2v) is 5.42. The Balaban J connectivity index is 1.64. The van der Waals surface area contributed by atoms with Crippen LogP contribution in [0.5, 0.6) is 5.75 Å². The summed E-state index contributed by atoms with van der Waals surface area (Å²) in [5.74, 6) is 1.50. The molecule has 0 aromatic heterocycles.